The van der Waals surface area contributed by atoms with Crippen molar-refractivity contribution in [3.05, 3.63) is 35.4 Å². The number of hydrogen-bond donors (Lipinski definition) is 2. The molecule has 0 saturated heterocycles. The zero-order chi connectivity index (χ0) is 13.1. The van der Waals surface area contributed by atoms with Gasteiger partial charge >= 0.3 is 6.18 Å². The van der Waals surface area contributed by atoms with Crippen LogP contribution in [-0.2, 0) is 0 Å². The smallest absolute Gasteiger partial charge is 0.329 e. The summed E-state index contributed by atoms with van der Waals surface area (Å²) in [4.78, 5) is 0. The molecule has 1 aromatic rings. The molecule has 0 radical (unpaired) electrons. The van der Waals surface area contributed by atoms with E-state index in [0.29, 0.717) is 0 Å². The van der Waals surface area contributed by atoms with Gasteiger partial charge in [-0.2, -0.15) is 13.2 Å². The summed E-state index contributed by atoms with van der Waals surface area (Å²) < 4.78 is 61.4. The van der Waals surface area contributed by atoms with Crippen LogP contribution in [0.5, 0.6) is 0 Å². The summed E-state index contributed by atoms with van der Waals surface area (Å²) in [6.07, 6.45) is -4.38. The van der Waals surface area contributed by atoms with E-state index in [1.165, 1.54) is 6.07 Å². The maximum atomic E-state index is 12.9. The van der Waals surface area contributed by atoms with E-state index in [-0.39, 0.29) is 12.1 Å². The van der Waals surface area contributed by atoms with Crippen LogP contribution in [-0.4, -0.2) is 19.3 Å². The van der Waals surface area contributed by atoms with Crippen LogP contribution in [0.15, 0.2) is 18.2 Å². The number of halogens is 5. The van der Waals surface area contributed by atoms with E-state index in [1.807, 2.05) is 0 Å². The molecule has 0 aromatic heterocycles. The van der Waals surface area contributed by atoms with Crippen molar-refractivity contribution in [2.24, 2.45) is 5.73 Å². The van der Waals surface area contributed by atoms with E-state index in [1.54, 1.807) is 0 Å². The van der Waals surface area contributed by atoms with E-state index >= 15 is 0 Å². The minimum Gasteiger partial charge on any atom is -0.329 e. The van der Waals surface area contributed by atoms with Gasteiger partial charge in [-0.05, 0) is 17.7 Å². The fourth-order valence-corrected chi connectivity index (χ4v) is 1.31. The maximum absolute atomic E-state index is 12.9. The highest BCUT2D eigenvalue weighted by atomic mass is 19.4. The van der Waals surface area contributed by atoms with Crippen molar-refractivity contribution in [2.45, 2.75) is 12.2 Å². The zero-order valence-corrected chi connectivity index (χ0v) is 8.69. The van der Waals surface area contributed by atoms with Crippen LogP contribution in [0.2, 0.25) is 0 Å². The van der Waals surface area contributed by atoms with Crippen molar-refractivity contribution < 1.29 is 22.0 Å². The molecule has 17 heavy (non-hydrogen) atoms. The predicted molar refractivity (Wildman–Crippen MR) is 52.2 cm³/mol. The lowest BCUT2D eigenvalue weighted by Gasteiger charge is -2.18. The van der Waals surface area contributed by atoms with E-state index < -0.39 is 30.4 Å². The normalized spacial score (nSPS) is 13.8. The number of benzene rings is 1. The lowest BCUT2D eigenvalue weighted by molar-refractivity contribution is -0.126. The minimum atomic E-state index is -4.38. The molecule has 0 fully saturated rings. The first-order valence-corrected chi connectivity index (χ1v) is 4.78. The summed E-state index contributed by atoms with van der Waals surface area (Å²) in [7, 11) is 0. The van der Waals surface area contributed by atoms with Crippen molar-refractivity contribution in [3.63, 3.8) is 0 Å². The summed E-state index contributed by atoms with van der Waals surface area (Å²) >= 11 is 0. The lowest BCUT2D eigenvalue weighted by Crippen LogP contribution is -2.35. The molecular weight excluding hydrogens is 243 g/mol. The van der Waals surface area contributed by atoms with Gasteiger partial charge in [0.25, 0.3) is 0 Å². The molecule has 1 aromatic carbocycles. The molecule has 7 heteroatoms. The molecule has 1 rings (SSSR count). The van der Waals surface area contributed by atoms with Gasteiger partial charge in [-0.3, -0.25) is 0 Å². The molecular formula is C10H11F5N2. The molecule has 0 heterocycles. The number of rotatable bonds is 4. The average molecular weight is 254 g/mol. The van der Waals surface area contributed by atoms with Crippen molar-refractivity contribution in [3.8, 4) is 0 Å². The van der Waals surface area contributed by atoms with Crippen LogP contribution in [0.3, 0.4) is 0 Å². The molecule has 0 bridgehead atoms. The molecule has 0 spiro atoms. The Kier molecular flexibility index (Phi) is 4.41. The molecule has 1 unspecified atom stereocenters. The topological polar surface area (TPSA) is 38.0 Å². The van der Waals surface area contributed by atoms with Gasteiger partial charge in [-0.25, -0.2) is 8.78 Å². The minimum absolute atomic E-state index is 0.152. The maximum Gasteiger partial charge on any atom is 0.401 e. The van der Waals surface area contributed by atoms with E-state index in [9.17, 15) is 22.0 Å². The van der Waals surface area contributed by atoms with E-state index in [0.717, 1.165) is 12.1 Å². The Hall–Kier alpha value is -1.21. The SMILES string of the molecule is NCC(NCC(F)(F)F)c1ccc(F)c(F)c1. The Balaban J connectivity index is 2.76. The summed E-state index contributed by atoms with van der Waals surface area (Å²) in [5.41, 5.74) is 5.45. The first kappa shape index (κ1) is 13.9. The number of nitrogens with one attached hydrogen (secondary N) is 1. The third-order valence-electron chi connectivity index (χ3n) is 2.13. The van der Waals surface area contributed by atoms with Crippen LogP contribution in [0.4, 0.5) is 22.0 Å². The summed E-state index contributed by atoms with van der Waals surface area (Å²) in [6.45, 7) is -1.39. The Morgan fingerprint density at radius 3 is 2.29 bits per heavy atom. The molecule has 2 nitrogen and oxygen atoms in total. The predicted octanol–water partition coefficient (Wildman–Crippen LogP) is 2.12. The number of hydrogen-bond acceptors (Lipinski definition) is 2. The van der Waals surface area contributed by atoms with Crippen LogP contribution in [0, 0.1) is 11.6 Å². The third kappa shape index (κ3) is 4.27. The van der Waals surface area contributed by atoms with Crippen molar-refractivity contribution in [2.75, 3.05) is 13.1 Å². The highest BCUT2D eigenvalue weighted by Crippen LogP contribution is 2.18. The van der Waals surface area contributed by atoms with Crippen molar-refractivity contribution >= 4 is 0 Å². The second-order valence-corrected chi connectivity index (χ2v) is 3.46. The van der Waals surface area contributed by atoms with Crippen molar-refractivity contribution in [1.82, 2.24) is 5.32 Å². The monoisotopic (exact) mass is 254 g/mol. The second-order valence-electron chi connectivity index (χ2n) is 3.46. The third-order valence-corrected chi connectivity index (χ3v) is 2.13. The Morgan fingerprint density at radius 1 is 1.18 bits per heavy atom. The van der Waals surface area contributed by atoms with Crippen LogP contribution in [0.25, 0.3) is 0 Å². The fraction of sp³-hybridized carbons (Fsp3) is 0.400. The van der Waals surface area contributed by atoms with Crippen molar-refractivity contribution in [1.29, 1.82) is 0 Å². The summed E-state index contributed by atoms with van der Waals surface area (Å²) in [5.74, 6) is -2.17. The van der Waals surface area contributed by atoms with Gasteiger partial charge in [0.2, 0.25) is 0 Å². The molecule has 96 valence electrons. The lowest BCUT2D eigenvalue weighted by atomic mass is 10.1. The van der Waals surface area contributed by atoms with Gasteiger partial charge in [-0.15, -0.1) is 0 Å². The Morgan fingerprint density at radius 2 is 1.82 bits per heavy atom. The van der Waals surface area contributed by atoms with Gasteiger partial charge in [0, 0.05) is 12.6 Å². The Bertz CT molecular complexity index is 377. The molecule has 0 saturated carbocycles. The zero-order valence-electron chi connectivity index (χ0n) is 8.69. The van der Waals surface area contributed by atoms with Gasteiger partial charge in [0.05, 0.1) is 6.54 Å². The quantitative estimate of drug-likeness (QED) is 0.808. The van der Waals surface area contributed by atoms with E-state index in [2.05, 4.69) is 5.32 Å². The largest absolute Gasteiger partial charge is 0.401 e. The van der Waals surface area contributed by atoms with E-state index in [4.69, 9.17) is 5.73 Å². The molecule has 0 aliphatic carbocycles. The summed E-state index contributed by atoms with van der Waals surface area (Å²) in [6, 6.07) is 2.00. The molecule has 1 atom stereocenters. The Labute approximate surface area is 94.6 Å². The van der Waals surface area contributed by atoms with Gasteiger partial charge in [0.1, 0.15) is 0 Å². The number of alkyl halides is 3. The van der Waals surface area contributed by atoms with Crippen LogP contribution < -0.4 is 11.1 Å². The highest BCUT2D eigenvalue weighted by molar-refractivity contribution is 5.21. The van der Waals surface area contributed by atoms with Gasteiger partial charge in [0.15, 0.2) is 11.6 Å². The molecule has 0 aliphatic rings. The van der Waals surface area contributed by atoms with Crippen LogP contribution in [0.1, 0.15) is 11.6 Å². The highest BCUT2D eigenvalue weighted by Gasteiger charge is 2.28. The molecule has 0 amide bonds. The first-order valence-electron chi connectivity index (χ1n) is 4.78. The van der Waals surface area contributed by atoms with Gasteiger partial charge < -0.3 is 11.1 Å². The molecule has 3 N–H and O–H groups in total. The first-order chi connectivity index (χ1) is 7.83. The molecule has 0 aliphatic heterocycles. The second kappa shape index (κ2) is 5.42. The fourth-order valence-electron chi connectivity index (χ4n) is 1.31. The number of nitrogens with two attached hydrogens (primary N) is 1. The summed E-state index contributed by atoms with van der Waals surface area (Å²) in [5, 5.41) is 2.13. The standard InChI is InChI=1S/C10H11F5N2/c11-7-2-1-6(3-8(7)12)9(4-16)17-5-10(13,14)15/h1-3,9,17H,4-5,16H2. The average Bonchev–Trinajstić information content (AvgIpc) is 2.22. The van der Waals surface area contributed by atoms with Crippen LogP contribution >= 0.6 is 0 Å². The van der Waals surface area contributed by atoms with Gasteiger partial charge in [-0.1, -0.05) is 6.07 Å².